The van der Waals surface area contributed by atoms with E-state index in [9.17, 15) is 4.79 Å². The minimum Gasteiger partial charge on any atom is -0.497 e. The van der Waals surface area contributed by atoms with Gasteiger partial charge in [-0.05, 0) is 42.5 Å². The number of hydrogen-bond acceptors (Lipinski definition) is 4. The third kappa shape index (κ3) is 3.82. The van der Waals surface area contributed by atoms with Crippen LogP contribution in [-0.4, -0.2) is 54.3 Å². The maximum absolute atomic E-state index is 12.8. The molecular weight excluding hydrogens is 376 g/mol. The second-order valence-corrected chi connectivity index (χ2v) is 7.09. The lowest BCUT2D eigenvalue weighted by atomic mass is 10.1. The lowest BCUT2D eigenvalue weighted by Crippen LogP contribution is -2.48. The number of halogens is 1. The van der Waals surface area contributed by atoms with Crippen LogP contribution in [0.4, 0.5) is 5.69 Å². The molecule has 1 aromatic heterocycles. The van der Waals surface area contributed by atoms with E-state index < -0.39 is 0 Å². The normalized spacial score (nSPS) is 14.2. The molecule has 0 unspecified atom stereocenters. The van der Waals surface area contributed by atoms with Gasteiger partial charge >= 0.3 is 0 Å². The van der Waals surface area contributed by atoms with Crippen LogP contribution >= 0.6 is 11.6 Å². The first-order valence-corrected chi connectivity index (χ1v) is 9.51. The summed E-state index contributed by atoms with van der Waals surface area (Å²) in [6, 6.07) is 17.2. The first-order chi connectivity index (χ1) is 13.6. The van der Waals surface area contributed by atoms with Crippen molar-refractivity contribution < 1.29 is 9.53 Å². The zero-order chi connectivity index (χ0) is 19.5. The molecule has 2 aromatic carbocycles. The van der Waals surface area contributed by atoms with Crippen LogP contribution in [-0.2, 0) is 0 Å². The number of amides is 1. The number of aromatic nitrogens is 2. The minimum absolute atomic E-state index is 0.0323. The van der Waals surface area contributed by atoms with Gasteiger partial charge in [0.25, 0.3) is 5.91 Å². The molecular formula is C21H21ClN4O2. The molecule has 3 aromatic rings. The maximum atomic E-state index is 12.8. The average molecular weight is 397 g/mol. The number of H-pyrrole nitrogens is 1. The van der Waals surface area contributed by atoms with Crippen LogP contribution in [0.25, 0.3) is 11.3 Å². The lowest BCUT2D eigenvalue weighted by molar-refractivity contribution is 0.0741. The van der Waals surface area contributed by atoms with Gasteiger partial charge in [0.2, 0.25) is 0 Å². The number of nitrogens with one attached hydrogen (secondary N) is 1. The number of carbonyl (C=O) groups excluding carboxylic acids is 1. The molecule has 0 bridgehead atoms. The highest BCUT2D eigenvalue weighted by Gasteiger charge is 2.24. The Labute approximate surface area is 168 Å². The summed E-state index contributed by atoms with van der Waals surface area (Å²) in [6.45, 7) is 2.90. The van der Waals surface area contributed by atoms with Crippen molar-refractivity contribution in [1.82, 2.24) is 15.1 Å². The first kappa shape index (κ1) is 18.4. The lowest BCUT2D eigenvalue weighted by Gasteiger charge is -2.35. The molecule has 1 N–H and O–H groups in total. The predicted octanol–water partition coefficient (Wildman–Crippen LogP) is 3.70. The van der Waals surface area contributed by atoms with E-state index in [0.29, 0.717) is 29.5 Å². The third-order valence-electron chi connectivity index (χ3n) is 4.93. The Morgan fingerprint density at radius 2 is 1.82 bits per heavy atom. The number of nitrogens with zero attached hydrogens (tertiary/aromatic N) is 3. The molecule has 1 aliphatic rings. The third-order valence-corrected chi connectivity index (χ3v) is 5.17. The molecule has 7 heteroatoms. The summed E-state index contributed by atoms with van der Waals surface area (Å²) in [5, 5.41) is 7.78. The molecule has 2 heterocycles. The number of anilines is 1. The van der Waals surface area contributed by atoms with Gasteiger partial charge in [-0.15, -0.1) is 0 Å². The number of aromatic amines is 1. The van der Waals surface area contributed by atoms with E-state index in [-0.39, 0.29) is 5.91 Å². The minimum atomic E-state index is -0.0323. The van der Waals surface area contributed by atoms with Crippen molar-refractivity contribution in [3.63, 3.8) is 0 Å². The molecule has 28 heavy (non-hydrogen) atoms. The molecule has 1 fully saturated rings. The molecule has 0 saturated carbocycles. The number of carbonyl (C=O) groups is 1. The van der Waals surface area contributed by atoms with E-state index >= 15 is 0 Å². The van der Waals surface area contributed by atoms with Gasteiger partial charge in [-0.25, -0.2) is 0 Å². The summed E-state index contributed by atoms with van der Waals surface area (Å²) in [7, 11) is 1.66. The Morgan fingerprint density at radius 1 is 1.07 bits per heavy atom. The highest BCUT2D eigenvalue weighted by atomic mass is 35.5. The maximum Gasteiger partial charge on any atom is 0.272 e. The highest BCUT2D eigenvalue weighted by Crippen LogP contribution is 2.23. The van der Waals surface area contributed by atoms with Crippen LogP contribution in [0.5, 0.6) is 5.75 Å². The van der Waals surface area contributed by atoms with E-state index in [1.165, 1.54) is 0 Å². The van der Waals surface area contributed by atoms with Gasteiger partial charge in [0.15, 0.2) is 0 Å². The summed E-state index contributed by atoms with van der Waals surface area (Å²) in [5.74, 6) is 0.808. The molecule has 4 rings (SSSR count). The summed E-state index contributed by atoms with van der Waals surface area (Å²) in [6.07, 6.45) is 0. The molecule has 1 amide bonds. The van der Waals surface area contributed by atoms with Crippen LogP contribution in [0.2, 0.25) is 5.02 Å². The molecule has 1 saturated heterocycles. The van der Waals surface area contributed by atoms with Gasteiger partial charge in [-0.3, -0.25) is 9.89 Å². The van der Waals surface area contributed by atoms with Crippen LogP contribution in [0.3, 0.4) is 0 Å². The number of rotatable bonds is 4. The summed E-state index contributed by atoms with van der Waals surface area (Å²) in [4.78, 5) is 17.0. The van der Waals surface area contributed by atoms with Gasteiger partial charge in [0.1, 0.15) is 11.4 Å². The number of benzene rings is 2. The highest BCUT2D eigenvalue weighted by molar-refractivity contribution is 6.30. The van der Waals surface area contributed by atoms with Crippen molar-refractivity contribution >= 4 is 23.2 Å². The zero-order valence-electron chi connectivity index (χ0n) is 15.6. The summed E-state index contributed by atoms with van der Waals surface area (Å²) < 4.78 is 5.21. The van der Waals surface area contributed by atoms with E-state index in [0.717, 1.165) is 30.1 Å². The molecule has 0 spiro atoms. The molecule has 0 radical (unpaired) electrons. The summed E-state index contributed by atoms with van der Waals surface area (Å²) in [5.41, 5.74) is 3.22. The van der Waals surface area contributed by atoms with E-state index in [2.05, 4.69) is 15.1 Å². The zero-order valence-corrected chi connectivity index (χ0v) is 16.3. The Balaban J connectivity index is 1.40. The predicted molar refractivity (Wildman–Crippen MR) is 110 cm³/mol. The number of methoxy groups -OCH3 is 1. The Hall–Kier alpha value is -2.99. The largest absolute Gasteiger partial charge is 0.497 e. The van der Waals surface area contributed by atoms with Crippen molar-refractivity contribution in [2.24, 2.45) is 0 Å². The number of hydrogen-bond donors (Lipinski definition) is 1. The summed E-state index contributed by atoms with van der Waals surface area (Å²) >= 11 is 6.04. The SMILES string of the molecule is COc1ccc(N2CCN(C(=O)c3cc(-c4cccc(Cl)c4)n[nH]3)CC2)cc1. The molecule has 6 nitrogen and oxygen atoms in total. The smallest absolute Gasteiger partial charge is 0.272 e. The molecule has 0 atom stereocenters. The Morgan fingerprint density at radius 3 is 2.50 bits per heavy atom. The van der Waals surface area contributed by atoms with Crippen LogP contribution < -0.4 is 9.64 Å². The second kappa shape index (κ2) is 7.94. The fourth-order valence-electron chi connectivity index (χ4n) is 3.36. The Bertz CT molecular complexity index is 963. The van der Waals surface area contributed by atoms with Gasteiger partial charge in [-0.2, -0.15) is 5.10 Å². The van der Waals surface area contributed by atoms with Gasteiger partial charge in [0.05, 0.1) is 12.8 Å². The number of piperazine rings is 1. The fourth-order valence-corrected chi connectivity index (χ4v) is 3.55. The van der Waals surface area contributed by atoms with Crippen molar-refractivity contribution in [1.29, 1.82) is 0 Å². The quantitative estimate of drug-likeness (QED) is 0.730. The monoisotopic (exact) mass is 396 g/mol. The standard InChI is InChI=1S/C21H21ClN4O2/c1-28-18-7-5-17(6-8-18)25-9-11-26(12-10-25)21(27)20-14-19(23-24-20)15-3-2-4-16(22)13-15/h2-8,13-14H,9-12H2,1H3,(H,23,24). The Kier molecular flexibility index (Phi) is 5.21. The van der Waals surface area contributed by atoms with Gasteiger partial charge < -0.3 is 14.5 Å². The van der Waals surface area contributed by atoms with Gasteiger partial charge in [0, 0.05) is 42.5 Å². The second-order valence-electron chi connectivity index (χ2n) is 6.65. The molecule has 144 valence electrons. The van der Waals surface area contributed by atoms with Crippen LogP contribution in [0.15, 0.2) is 54.6 Å². The average Bonchev–Trinajstić information content (AvgIpc) is 3.24. The van der Waals surface area contributed by atoms with Crippen molar-refractivity contribution in [3.8, 4) is 17.0 Å². The molecule has 0 aliphatic carbocycles. The topological polar surface area (TPSA) is 61.5 Å². The van der Waals surface area contributed by atoms with Crippen LogP contribution in [0.1, 0.15) is 10.5 Å². The van der Waals surface area contributed by atoms with Gasteiger partial charge in [-0.1, -0.05) is 23.7 Å². The first-order valence-electron chi connectivity index (χ1n) is 9.13. The number of ether oxygens (including phenoxy) is 1. The fraction of sp³-hybridized carbons (Fsp3) is 0.238. The molecule has 1 aliphatic heterocycles. The van der Waals surface area contributed by atoms with Crippen LogP contribution in [0, 0.1) is 0 Å². The van der Waals surface area contributed by atoms with E-state index in [1.54, 1.807) is 13.2 Å². The van der Waals surface area contributed by atoms with Crippen molar-refractivity contribution in [2.45, 2.75) is 0 Å². The van der Waals surface area contributed by atoms with Crippen molar-refractivity contribution in [3.05, 3.63) is 65.3 Å². The van der Waals surface area contributed by atoms with Crippen molar-refractivity contribution in [2.75, 3.05) is 38.2 Å². The van der Waals surface area contributed by atoms with E-state index in [4.69, 9.17) is 16.3 Å². The van der Waals surface area contributed by atoms with E-state index in [1.807, 2.05) is 53.4 Å².